The van der Waals surface area contributed by atoms with Gasteiger partial charge >= 0.3 is 0 Å². The minimum atomic E-state index is -0.165. The van der Waals surface area contributed by atoms with Gasteiger partial charge in [-0.15, -0.1) is 0 Å². The third-order valence-corrected chi connectivity index (χ3v) is 5.87. The monoisotopic (exact) mass is 384 g/mol. The van der Waals surface area contributed by atoms with Gasteiger partial charge in [0.2, 0.25) is 0 Å². The first-order valence-corrected chi connectivity index (χ1v) is 10.7. The van der Waals surface area contributed by atoms with Gasteiger partial charge in [-0.1, -0.05) is 38.0 Å². The van der Waals surface area contributed by atoms with E-state index in [0.29, 0.717) is 5.92 Å². The molecule has 28 heavy (non-hydrogen) atoms. The highest BCUT2D eigenvalue weighted by Gasteiger charge is 2.40. The molecule has 2 aliphatic rings. The molecular weight excluding hydrogens is 351 g/mol. The molecule has 2 heterocycles. The minimum absolute atomic E-state index is 0.165. The summed E-state index contributed by atoms with van der Waals surface area (Å²) in [5.41, 5.74) is 2.65. The van der Waals surface area contributed by atoms with Crippen LogP contribution in [0.25, 0.3) is 0 Å². The maximum Gasteiger partial charge on any atom is 0.123 e. The van der Waals surface area contributed by atoms with E-state index < -0.39 is 0 Å². The quantitative estimate of drug-likeness (QED) is 0.714. The summed E-state index contributed by atoms with van der Waals surface area (Å²) in [5.74, 6) is 0.454. The Bertz CT molecular complexity index is 684. The Balaban J connectivity index is 0.000000169. The molecule has 152 valence electrons. The van der Waals surface area contributed by atoms with Crippen molar-refractivity contribution in [2.45, 2.75) is 63.4 Å². The fourth-order valence-electron chi connectivity index (χ4n) is 4.33. The lowest BCUT2D eigenvalue weighted by Gasteiger charge is -2.38. The molecule has 2 aromatic rings. The second kappa shape index (κ2) is 10.7. The van der Waals surface area contributed by atoms with Gasteiger partial charge in [0.05, 0.1) is 5.60 Å². The van der Waals surface area contributed by atoms with Crippen molar-refractivity contribution in [3.8, 4) is 0 Å². The molecule has 2 fully saturated rings. The van der Waals surface area contributed by atoms with Gasteiger partial charge in [0.1, 0.15) is 5.82 Å². The summed E-state index contributed by atoms with van der Waals surface area (Å²) >= 11 is 0. The number of pyridine rings is 1. The van der Waals surface area contributed by atoms with E-state index in [1.807, 2.05) is 24.4 Å². The summed E-state index contributed by atoms with van der Waals surface area (Å²) in [6.07, 6.45) is 10.4. The number of halogens is 1. The van der Waals surface area contributed by atoms with E-state index in [4.69, 9.17) is 4.74 Å². The maximum absolute atomic E-state index is 12.5. The Kier molecular flexibility index (Phi) is 7.99. The second-order valence-corrected chi connectivity index (χ2v) is 7.91. The normalized spacial score (nSPS) is 20.6. The number of hydrogen-bond donors (Lipinski definition) is 1. The molecule has 1 aliphatic heterocycles. The van der Waals surface area contributed by atoms with E-state index in [9.17, 15) is 4.39 Å². The lowest BCUT2D eigenvalue weighted by Crippen LogP contribution is -2.36. The molecule has 4 rings (SSSR count). The summed E-state index contributed by atoms with van der Waals surface area (Å²) in [6.45, 7) is 4.94. The Morgan fingerprint density at radius 1 is 1.14 bits per heavy atom. The molecule has 1 spiro atoms. The number of ether oxygens (including phenoxy) is 1. The Labute approximate surface area is 168 Å². The van der Waals surface area contributed by atoms with Crippen LogP contribution in [0.5, 0.6) is 0 Å². The third-order valence-electron chi connectivity index (χ3n) is 5.87. The van der Waals surface area contributed by atoms with Crippen LogP contribution in [0.4, 0.5) is 4.39 Å². The van der Waals surface area contributed by atoms with Crippen LogP contribution in [0.2, 0.25) is 0 Å². The van der Waals surface area contributed by atoms with Crippen molar-refractivity contribution in [2.75, 3.05) is 19.7 Å². The highest BCUT2D eigenvalue weighted by Crippen LogP contribution is 2.44. The standard InChI is InChI=1S/C14H19NO.C10H14FN/c1-4-9-15-13(5-1)12-6-10-16-14(11-12)7-2-3-8-14;1-2-12-8-7-9-3-5-10(11)6-4-9/h1,4-5,9,12H,2-3,6-8,10-11H2;3-6,12H,2,7-8H2,1H3. The molecule has 1 saturated heterocycles. The van der Waals surface area contributed by atoms with E-state index in [1.54, 1.807) is 0 Å². The molecule has 1 aromatic heterocycles. The summed E-state index contributed by atoms with van der Waals surface area (Å²) < 4.78 is 18.5. The molecule has 3 nitrogen and oxygen atoms in total. The fourth-order valence-corrected chi connectivity index (χ4v) is 4.33. The summed E-state index contributed by atoms with van der Waals surface area (Å²) in [7, 11) is 0. The van der Waals surface area contributed by atoms with E-state index in [0.717, 1.165) is 32.5 Å². The molecule has 4 heteroatoms. The molecule has 0 radical (unpaired) electrons. The first-order valence-electron chi connectivity index (χ1n) is 10.7. The van der Waals surface area contributed by atoms with Crippen LogP contribution in [0.1, 0.15) is 62.6 Å². The lowest BCUT2D eigenvalue weighted by atomic mass is 9.83. The smallest absolute Gasteiger partial charge is 0.123 e. The number of likely N-dealkylation sites (N-methyl/N-ethyl adjacent to an activating group) is 1. The lowest BCUT2D eigenvalue weighted by molar-refractivity contribution is -0.0809. The molecule has 1 atom stereocenters. The molecule has 0 amide bonds. The maximum atomic E-state index is 12.5. The van der Waals surface area contributed by atoms with Crippen molar-refractivity contribution < 1.29 is 9.13 Å². The van der Waals surface area contributed by atoms with Crippen LogP contribution in [0, 0.1) is 5.82 Å². The number of nitrogens with zero attached hydrogens (tertiary/aromatic N) is 1. The second-order valence-electron chi connectivity index (χ2n) is 7.91. The molecule has 1 unspecified atom stereocenters. The van der Waals surface area contributed by atoms with Crippen molar-refractivity contribution in [1.82, 2.24) is 10.3 Å². The van der Waals surface area contributed by atoms with Crippen molar-refractivity contribution >= 4 is 0 Å². The van der Waals surface area contributed by atoms with Crippen LogP contribution < -0.4 is 5.32 Å². The van der Waals surface area contributed by atoms with Crippen molar-refractivity contribution in [2.24, 2.45) is 0 Å². The number of hydrogen-bond acceptors (Lipinski definition) is 3. The first-order chi connectivity index (χ1) is 13.7. The Morgan fingerprint density at radius 3 is 2.61 bits per heavy atom. The SMILES string of the molecule is CCNCCc1ccc(F)cc1.c1ccc(C2CCOC3(CCCC3)C2)nc1. The molecular formula is C24H33FN2O. The minimum Gasteiger partial charge on any atom is -0.375 e. The van der Waals surface area contributed by atoms with Crippen molar-refractivity contribution in [1.29, 1.82) is 0 Å². The molecule has 1 N–H and O–H groups in total. The average Bonchev–Trinajstić information content (AvgIpc) is 3.18. The van der Waals surface area contributed by atoms with E-state index >= 15 is 0 Å². The van der Waals surface area contributed by atoms with Gasteiger partial charge in [-0.25, -0.2) is 4.39 Å². The average molecular weight is 385 g/mol. The van der Waals surface area contributed by atoms with Gasteiger partial charge < -0.3 is 10.1 Å². The number of nitrogens with one attached hydrogen (secondary N) is 1. The molecule has 1 aliphatic carbocycles. The predicted octanol–water partition coefficient (Wildman–Crippen LogP) is 5.27. The van der Waals surface area contributed by atoms with Crippen molar-refractivity contribution in [3.63, 3.8) is 0 Å². The zero-order valence-corrected chi connectivity index (χ0v) is 17.0. The van der Waals surface area contributed by atoms with Crippen LogP contribution >= 0.6 is 0 Å². The summed E-state index contributed by atoms with van der Waals surface area (Å²) in [4.78, 5) is 4.50. The molecule has 1 aromatic carbocycles. The zero-order chi connectivity index (χ0) is 19.7. The number of aromatic nitrogens is 1. The Hall–Kier alpha value is -1.78. The first kappa shape index (κ1) is 20.9. The number of rotatable bonds is 5. The highest BCUT2D eigenvalue weighted by molar-refractivity contribution is 5.16. The summed E-state index contributed by atoms with van der Waals surface area (Å²) in [6, 6.07) is 12.9. The molecule has 1 saturated carbocycles. The predicted molar refractivity (Wildman–Crippen MR) is 112 cm³/mol. The topological polar surface area (TPSA) is 34.1 Å². The Morgan fingerprint density at radius 2 is 1.93 bits per heavy atom. The fraction of sp³-hybridized carbons (Fsp3) is 0.542. The van der Waals surface area contributed by atoms with E-state index in [-0.39, 0.29) is 11.4 Å². The van der Waals surface area contributed by atoms with Gasteiger partial charge in [0.15, 0.2) is 0 Å². The zero-order valence-electron chi connectivity index (χ0n) is 17.0. The largest absolute Gasteiger partial charge is 0.375 e. The van der Waals surface area contributed by atoms with E-state index in [2.05, 4.69) is 29.4 Å². The van der Waals surface area contributed by atoms with Crippen LogP contribution in [0.3, 0.4) is 0 Å². The van der Waals surface area contributed by atoms with Crippen molar-refractivity contribution in [3.05, 3.63) is 65.7 Å². The van der Waals surface area contributed by atoms with Gasteiger partial charge in [-0.05, 0) is 75.0 Å². The highest BCUT2D eigenvalue weighted by atomic mass is 19.1. The van der Waals surface area contributed by atoms with Crippen LogP contribution in [-0.4, -0.2) is 30.3 Å². The van der Waals surface area contributed by atoms with Gasteiger partial charge in [-0.2, -0.15) is 0 Å². The summed E-state index contributed by atoms with van der Waals surface area (Å²) in [5, 5.41) is 3.22. The number of benzene rings is 1. The van der Waals surface area contributed by atoms with Crippen LogP contribution in [0.15, 0.2) is 48.7 Å². The third kappa shape index (κ3) is 6.11. The van der Waals surface area contributed by atoms with Gasteiger partial charge in [-0.3, -0.25) is 4.98 Å². The van der Waals surface area contributed by atoms with Crippen LogP contribution in [-0.2, 0) is 11.2 Å². The van der Waals surface area contributed by atoms with Gasteiger partial charge in [0.25, 0.3) is 0 Å². The van der Waals surface area contributed by atoms with Gasteiger partial charge in [0, 0.05) is 24.4 Å². The molecule has 0 bridgehead atoms. The van der Waals surface area contributed by atoms with E-state index in [1.165, 1.54) is 55.5 Å².